The average molecular weight is 253 g/mol. The lowest BCUT2D eigenvalue weighted by Gasteiger charge is -2.11. The Morgan fingerprint density at radius 1 is 1.31 bits per heavy atom. The number of para-hydroxylation sites is 1. The van der Waals surface area contributed by atoms with E-state index in [-0.39, 0.29) is 0 Å². The van der Waals surface area contributed by atoms with Gasteiger partial charge in [0.05, 0.1) is 6.54 Å². The molecule has 0 saturated carbocycles. The third-order valence-electron chi connectivity index (χ3n) is 2.45. The van der Waals surface area contributed by atoms with E-state index in [1.54, 1.807) is 0 Å². The second kappa shape index (κ2) is 4.85. The standard InChI is InChI=1S/C12H13ClN2S/c1-8-4-3-5-9(2)11(8)14-6-10-7-15-12(13)16-10/h3-5,7,14H,6H2,1-2H3. The van der Waals surface area contributed by atoms with Gasteiger partial charge in [-0.05, 0) is 25.0 Å². The lowest BCUT2D eigenvalue weighted by Crippen LogP contribution is -2.01. The van der Waals surface area contributed by atoms with Crippen molar-refractivity contribution in [2.24, 2.45) is 0 Å². The molecular formula is C12H13ClN2S. The summed E-state index contributed by atoms with van der Waals surface area (Å²) in [7, 11) is 0. The van der Waals surface area contributed by atoms with Crippen LogP contribution in [0.25, 0.3) is 0 Å². The Bertz CT molecular complexity index is 473. The molecule has 0 fully saturated rings. The number of aryl methyl sites for hydroxylation is 2. The summed E-state index contributed by atoms with van der Waals surface area (Å²) in [6.45, 7) is 4.99. The quantitative estimate of drug-likeness (QED) is 0.892. The summed E-state index contributed by atoms with van der Waals surface area (Å²) >= 11 is 7.29. The third kappa shape index (κ3) is 2.54. The van der Waals surface area contributed by atoms with Gasteiger partial charge in [0.2, 0.25) is 0 Å². The lowest BCUT2D eigenvalue weighted by molar-refractivity contribution is 1.15. The molecule has 2 nitrogen and oxygen atoms in total. The van der Waals surface area contributed by atoms with Crippen LogP contribution >= 0.6 is 22.9 Å². The van der Waals surface area contributed by atoms with Crippen molar-refractivity contribution in [3.63, 3.8) is 0 Å². The molecule has 1 heterocycles. The number of aromatic nitrogens is 1. The summed E-state index contributed by atoms with van der Waals surface area (Å²) in [6.07, 6.45) is 1.81. The number of hydrogen-bond donors (Lipinski definition) is 1. The van der Waals surface area contributed by atoms with Crippen LogP contribution in [0.3, 0.4) is 0 Å². The number of halogens is 1. The topological polar surface area (TPSA) is 24.9 Å². The van der Waals surface area contributed by atoms with E-state index in [9.17, 15) is 0 Å². The molecule has 0 aliphatic rings. The van der Waals surface area contributed by atoms with E-state index in [0.29, 0.717) is 4.47 Å². The number of thiazole rings is 1. The normalized spacial score (nSPS) is 10.4. The second-order valence-corrected chi connectivity index (χ2v) is 5.40. The molecule has 1 aromatic heterocycles. The molecule has 0 radical (unpaired) electrons. The fraction of sp³-hybridized carbons (Fsp3) is 0.250. The molecule has 1 N–H and O–H groups in total. The van der Waals surface area contributed by atoms with E-state index in [1.165, 1.54) is 28.2 Å². The predicted molar refractivity (Wildman–Crippen MR) is 70.4 cm³/mol. The molecule has 4 heteroatoms. The van der Waals surface area contributed by atoms with Crippen molar-refractivity contribution >= 4 is 28.6 Å². The van der Waals surface area contributed by atoms with Gasteiger partial charge in [-0.25, -0.2) is 4.98 Å². The first-order chi connectivity index (χ1) is 7.66. The minimum absolute atomic E-state index is 0.596. The van der Waals surface area contributed by atoms with Gasteiger partial charge in [0.1, 0.15) is 0 Å². The summed E-state index contributed by atoms with van der Waals surface area (Å²) in [5.41, 5.74) is 3.72. The highest BCUT2D eigenvalue weighted by Gasteiger charge is 2.03. The van der Waals surface area contributed by atoms with Crippen LogP contribution < -0.4 is 5.32 Å². The Morgan fingerprint density at radius 2 is 2.00 bits per heavy atom. The molecule has 2 rings (SSSR count). The smallest absolute Gasteiger partial charge is 0.183 e. The van der Waals surface area contributed by atoms with Gasteiger partial charge < -0.3 is 5.32 Å². The second-order valence-electron chi connectivity index (χ2n) is 3.70. The molecule has 84 valence electrons. The van der Waals surface area contributed by atoms with Gasteiger partial charge in [-0.15, -0.1) is 11.3 Å². The number of rotatable bonds is 3. The van der Waals surface area contributed by atoms with Gasteiger partial charge >= 0.3 is 0 Å². The maximum atomic E-state index is 5.78. The molecule has 0 aliphatic carbocycles. The van der Waals surface area contributed by atoms with Crippen molar-refractivity contribution in [2.75, 3.05) is 5.32 Å². The van der Waals surface area contributed by atoms with E-state index < -0.39 is 0 Å². The van der Waals surface area contributed by atoms with Gasteiger partial charge in [0, 0.05) is 16.8 Å². The molecular weight excluding hydrogens is 240 g/mol. The summed E-state index contributed by atoms with van der Waals surface area (Å²) in [4.78, 5) is 5.16. The zero-order chi connectivity index (χ0) is 11.5. The zero-order valence-electron chi connectivity index (χ0n) is 9.25. The first-order valence-corrected chi connectivity index (χ1v) is 6.26. The molecule has 0 bridgehead atoms. The van der Waals surface area contributed by atoms with E-state index in [2.05, 4.69) is 42.3 Å². The molecule has 0 spiro atoms. The minimum atomic E-state index is 0.596. The Balaban J connectivity index is 2.10. The molecule has 16 heavy (non-hydrogen) atoms. The minimum Gasteiger partial charge on any atom is -0.380 e. The summed E-state index contributed by atoms with van der Waals surface area (Å²) in [5, 5.41) is 3.42. The van der Waals surface area contributed by atoms with Crippen molar-refractivity contribution < 1.29 is 0 Å². The fourth-order valence-electron chi connectivity index (χ4n) is 1.63. The van der Waals surface area contributed by atoms with Crippen molar-refractivity contribution in [3.05, 3.63) is 44.9 Å². The van der Waals surface area contributed by atoms with Crippen LogP contribution in [0.1, 0.15) is 16.0 Å². The van der Waals surface area contributed by atoms with Crippen LogP contribution in [-0.2, 0) is 6.54 Å². The van der Waals surface area contributed by atoms with Crippen LogP contribution in [0, 0.1) is 13.8 Å². The van der Waals surface area contributed by atoms with Crippen LogP contribution in [0.2, 0.25) is 4.47 Å². The molecule has 0 amide bonds. The number of benzene rings is 1. The van der Waals surface area contributed by atoms with Gasteiger partial charge in [0.15, 0.2) is 4.47 Å². The Hall–Kier alpha value is -1.06. The van der Waals surface area contributed by atoms with Gasteiger partial charge in [-0.1, -0.05) is 29.8 Å². The van der Waals surface area contributed by atoms with E-state index in [1.807, 2.05) is 6.20 Å². The fourth-order valence-corrected chi connectivity index (χ4v) is 2.55. The third-order valence-corrected chi connectivity index (χ3v) is 3.56. The number of hydrogen-bond acceptors (Lipinski definition) is 3. The van der Waals surface area contributed by atoms with E-state index in [4.69, 9.17) is 11.6 Å². The molecule has 1 aromatic carbocycles. The van der Waals surface area contributed by atoms with Crippen molar-refractivity contribution in [3.8, 4) is 0 Å². The maximum Gasteiger partial charge on any atom is 0.183 e. The van der Waals surface area contributed by atoms with Crippen LogP contribution in [0.5, 0.6) is 0 Å². The highest BCUT2D eigenvalue weighted by atomic mass is 35.5. The Morgan fingerprint density at radius 3 is 2.56 bits per heavy atom. The van der Waals surface area contributed by atoms with Gasteiger partial charge in [-0.2, -0.15) is 0 Å². The Labute approximate surface area is 104 Å². The lowest BCUT2D eigenvalue weighted by atomic mass is 10.1. The predicted octanol–water partition coefficient (Wildman–Crippen LogP) is 4.03. The largest absolute Gasteiger partial charge is 0.380 e. The zero-order valence-corrected chi connectivity index (χ0v) is 10.8. The average Bonchev–Trinajstić information content (AvgIpc) is 2.63. The van der Waals surface area contributed by atoms with E-state index >= 15 is 0 Å². The van der Waals surface area contributed by atoms with Crippen molar-refractivity contribution in [1.82, 2.24) is 4.98 Å². The summed E-state index contributed by atoms with van der Waals surface area (Å²) in [6, 6.07) is 6.28. The summed E-state index contributed by atoms with van der Waals surface area (Å²) < 4.78 is 0.596. The number of nitrogens with one attached hydrogen (secondary N) is 1. The first kappa shape index (κ1) is 11.4. The SMILES string of the molecule is Cc1cccc(C)c1NCc1cnc(Cl)s1. The van der Waals surface area contributed by atoms with Crippen LogP contribution in [-0.4, -0.2) is 4.98 Å². The van der Waals surface area contributed by atoms with Gasteiger partial charge in [0.25, 0.3) is 0 Å². The van der Waals surface area contributed by atoms with E-state index in [0.717, 1.165) is 11.4 Å². The van der Waals surface area contributed by atoms with Crippen molar-refractivity contribution in [1.29, 1.82) is 0 Å². The monoisotopic (exact) mass is 252 g/mol. The molecule has 0 atom stereocenters. The highest BCUT2D eigenvalue weighted by molar-refractivity contribution is 7.15. The molecule has 2 aromatic rings. The van der Waals surface area contributed by atoms with Crippen LogP contribution in [0.4, 0.5) is 5.69 Å². The van der Waals surface area contributed by atoms with Crippen molar-refractivity contribution in [2.45, 2.75) is 20.4 Å². The molecule has 0 aliphatic heterocycles. The molecule has 0 saturated heterocycles. The number of nitrogens with zero attached hydrogens (tertiary/aromatic N) is 1. The first-order valence-electron chi connectivity index (χ1n) is 5.07. The molecule has 0 unspecified atom stereocenters. The highest BCUT2D eigenvalue weighted by Crippen LogP contribution is 2.22. The maximum absolute atomic E-state index is 5.78. The number of anilines is 1. The van der Waals surface area contributed by atoms with Gasteiger partial charge in [-0.3, -0.25) is 0 Å². The van der Waals surface area contributed by atoms with Crippen LogP contribution in [0.15, 0.2) is 24.4 Å². The summed E-state index contributed by atoms with van der Waals surface area (Å²) in [5.74, 6) is 0. The Kier molecular flexibility index (Phi) is 3.46.